The van der Waals surface area contributed by atoms with Crippen LogP contribution in [0.1, 0.15) is 52.4 Å². The molecule has 1 rings (SSSR count). The van der Waals surface area contributed by atoms with E-state index < -0.39 is 5.54 Å². The summed E-state index contributed by atoms with van der Waals surface area (Å²) in [7, 11) is 1.49. The number of carbonyl (C=O) groups is 1. The average molecular weight is 273 g/mol. The molecule has 0 aromatic rings. The van der Waals surface area contributed by atoms with Crippen molar-refractivity contribution in [2.24, 2.45) is 0 Å². The predicted molar refractivity (Wildman–Crippen MR) is 78.0 cm³/mol. The molecular formula is C14H27NO2S. The third kappa shape index (κ3) is 4.16. The van der Waals surface area contributed by atoms with Gasteiger partial charge in [0.25, 0.3) is 0 Å². The Morgan fingerprint density at radius 2 is 2.22 bits per heavy atom. The molecule has 1 aliphatic rings. The van der Waals surface area contributed by atoms with Crippen molar-refractivity contribution in [1.82, 2.24) is 5.32 Å². The number of esters is 1. The third-order valence-electron chi connectivity index (χ3n) is 3.66. The molecule has 0 aromatic carbocycles. The molecule has 2 unspecified atom stereocenters. The maximum absolute atomic E-state index is 12.0. The number of ether oxygens (including phenoxy) is 1. The van der Waals surface area contributed by atoms with Crippen LogP contribution in [0, 0.1) is 0 Å². The molecule has 0 heterocycles. The van der Waals surface area contributed by atoms with Crippen LogP contribution in [0.25, 0.3) is 0 Å². The van der Waals surface area contributed by atoms with Gasteiger partial charge in [-0.15, -0.1) is 0 Å². The van der Waals surface area contributed by atoms with Crippen molar-refractivity contribution in [1.29, 1.82) is 0 Å². The lowest BCUT2D eigenvalue weighted by molar-refractivity contribution is -0.148. The molecule has 4 heteroatoms. The zero-order valence-electron chi connectivity index (χ0n) is 12.0. The first-order chi connectivity index (χ1) is 8.68. The number of hydrogen-bond donors (Lipinski definition) is 1. The summed E-state index contributed by atoms with van der Waals surface area (Å²) >= 11 is 2.03. The molecule has 0 aromatic heterocycles. The summed E-state index contributed by atoms with van der Waals surface area (Å²) in [4.78, 5) is 12.0. The molecule has 0 bridgehead atoms. The van der Waals surface area contributed by atoms with Gasteiger partial charge < -0.3 is 10.1 Å². The molecule has 2 atom stereocenters. The second-order valence-electron chi connectivity index (χ2n) is 5.05. The van der Waals surface area contributed by atoms with E-state index in [9.17, 15) is 4.79 Å². The lowest BCUT2D eigenvalue weighted by atomic mass is 9.98. The van der Waals surface area contributed by atoms with Crippen molar-refractivity contribution in [3.8, 4) is 0 Å². The van der Waals surface area contributed by atoms with Gasteiger partial charge in [-0.2, -0.15) is 11.8 Å². The van der Waals surface area contributed by atoms with Gasteiger partial charge in [0.1, 0.15) is 5.54 Å². The molecule has 0 spiro atoms. The Morgan fingerprint density at radius 1 is 1.44 bits per heavy atom. The van der Waals surface area contributed by atoms with Gasteiger partial charge in [0.15, 0.2) is 0 Å². The van der Waals surface area contributed by atoms with Gasteiger partial charge in [-0.1, -0.05) is 26.7 Å². The minimum absolute atomic E-state index is 0.0824. The summed E-state index contributed by atoms with van der Waals surface area (Å²) in [6.45, 7) is 5.10. The number of likely N-dealkylation sites (N-methyl/N-ethyl adjacent to an activating group) is 1. The number of unbranched alkanes of at least 4 members (excludes halogenated alkanes) is 2. The van der Waals surface area contributed by atoms with Gasteiger partial charge in [0, 0.05) is 5.25 Å². The minimum atomic E-state index is -0.411. The van der Waals surface area contributed by atoms with Crippen LogP contribution in [0.15, 0.2) is 0 Å². The van der Waals surface area contributed by atoms with Crippen LogP contribution in [0.4, 0.5) is 0 Å². The lowest BCUT2D eigenvalue weighted by Gasteiger charge is -2.27. The fraction of sp³-hybridized carbons (Fsp3) is 0.929. The second-order valence-corrected chi connectivity index (χ2v) is 6.45. The normalized spacial score (nSPS) is 27.4. The van der Waals surface area contributed by atoms with E-state index in [0.717, 1.165) is 25.8 Å². The first-order valence-corrected chi connectivity index (χ1v) is 8.18. The zero-order valence-corrected chi connectivity index (χ0v) is 12.8. The standard InChI is InChI=1S/C14H27NO2S/c1-4-6-7-10-18-12-8-9-14(11-12,15-5-2)13(16)17-3/h12,15H,4-11H2,1-3H3. The molecule has 18 heavy (non-hydrogen) atoms. The maximum atomic E-state index is 12.0. The molecule has 0 aliphatic heterocycles. The topological polar surface area (TPSA) is 38.3 Å². The van der Waals surface area contributed by atoms with Gasteiger partial charge in [0.2, 0.25) is 0 Å². The van der Waals surface area contributed by atoms with Gasteiger partial charge in [-0.25, -0.2) is 0 Å². The third-order valence-corrected chi connectivity index (χ3v) is 5.06. The molecule has 1 N–H and O–H groups in total. The van der Waals surface area contributed by atoms with Crippen molar-refractivity contribution in [2.45, 2.75) is 63.2 Å². The second kappa shape index (κ2) is 8.05. The molecule has 0 radical (unpaired) electrons. The van der Waals surface area contributed by atoms with E-state index >= 15 is 0 Å². The Balaban J connectivity index is 2.42. The Labute approximate surface area is 115 Å². The summed E-state index contributed by atoms with van der Waals surface area (Å²) in [5.74, 6) is 1.14. The van der Waals surface area contributed by atoms with E-state index in [4.69, 9.17) is 4.74 Å². The molecule has 106 valence electrons. The van der Waals surface area contributed by atoms with E-state index in [-0.39, 0.29) is 5.97 Å². The van der Waals surface area contributed by atoms with Crippen molar-refractivity contribution in [3.63, 3.8) is 0 Å². The number of nitrogens with one attached hydrogen (secondary N) is 1. The Bertz CT molecular complexity index is 260. The van der Waals surface area contributed by atoms with Crippen LogP contribution in [0.2, 0.25) is 0 Å². The molecule has 1 fully saturated rings. The number of carbonyl (C=O) groups excluding carboxylic acids is 1. The number of rotatable bonds is 8. The van der Waals surface area contributed by atoms with Crippen LogP contribution in [-0.2, 0) is 9.53 Å². The number of methoxy groups -OCH3 is 1. The Kier molecular flexibility index (Phi) is 7.08. The summed E-state index contributed by atoms with van der Waals surface area (Å²) < 4.78 is 4.97. The molecule has 0 amide bonds. The summed E-state index contributed by atoms with van der Waals surface area (Å²) in [6, 6.07) is 0. The van der Waals surface area contributed by atoms with Crippen molar-refractivity contribution in [2.75, 3.05) is 19.4 Å². The van der Waals surface area contributed by atoms with E-state index in [2.05, 4.69) is 12.2 Å². The van der Waals surface area contributed by atoms with Crippen LogP contribution in [-0.4, -0.2) is 36.2 Å². The number of thioether (sulfide) groups is 1. The highest BCUT2D eigenvalue weighted by atomic mass is 32.2. The van der Waals surface area contributed by atoms with Gasteiger partial charge >= 0.3 is 5.97 Å². The smallest absolute Gasteiger partial charge is 0.326 e. The Hall–Kier alpha value is -0.220. The van der Waals surface area contributed by atoms with Crippen LogP contribution < -0.4 is 5.32 Å². The summed E-state index contributed by atoms with van der Waals surface area (Å²) in [5, 5.41) is 3.96. The highest BCUT2D eigenvalue weighted by molar-refractivity contribution is 7.99. The largest absolute Gasteiger partial charge is 0.468 e. The minimum Gasteiger partial charge on any atom is -0.468 e. The lowest BCUT2D eigenvalue weighted by Crippen LogP contribution is -2.50. The van der Waals surface area contributed by atoms with Crippen molar-refractivity contribution < 1.29 is 9.53 Å². The first-order valence-electron chi connectivity index (χ1n) is 7.13. The summed E-state index contributed by atoms with van der Waals surface area (Å²) in [6.07, 6.45) is 6.84. The predicted octanol–water partition coefficient (Wildman–Crippen LogP) is 2.98. The van der Waals surface area contributed by atoms with E-state index in [1.165, 1.54) is 32.1 Å². The van der Waals surface area contributed by atoms with E-state index in [1.807, 2.05) is 18.7 Å². The molecule has 1 aliphatic carbocycles. The first kappa shape index (κ1) is 15.8. The van der Waals surface area contributed by atoms with Gasteiger partial charge in [-0.3, -0.25) is 4.79 Å². The molecule has 1 saturated carbocycles. The molecule has 0 saturated heterocycles. The zero-order chi connectivity index (χ0) is 13.4. The maximum Gasteiger partial charge on any atom is 0.326 e. The van der Waals surface area contributed by atoms with Crippen LogP contribution in [0.3, 0.4) is 0 Å². The highest BCUT2D eigenvalue weighted by Crippen LogP contribution is 2.38. The van der Waals surface area contributed by atoms with E-state index in [0.29, 0.717) is 5.25 Å². The SMILES string of the molecule is CCCCCSC1CCC(NCC)(C(=O)OC)C1. The summed E-state index contributed by atoms with van der Waals surface area (Å²) in [5.41, 5.74) is -0.411. The molecule has 3 nitrogen and oxygen atoms in total. The van der Waals surface area contributed by atoms with Crippen molar-refractivity contribution >= 4 is 17.7 Å². The van der Waals surface area contributed by atoms with Crippen molar-refractivity contribution in [3.05, 3.63) is 0 Å². The fourth-order valence-electron chi connectivity index (χ4n) is 2.70. The monoisotopic (exact) mass is 273 g/mol. The van der Waals surface area contributed by atoms with Crippen LogP contribution >= 0.6 is 11.8 Å². The molecular weight excluding hydrogens is 246 g/mol. The fourth-order valence-corrected chi connectivity index (χ4v) is 4.09. The average Bonchev–Trinajstić information content (AvgIpc) is 2.79. The van der Waals surface area contributed by atoms with Crippen LogP contribution in [0.5, 0.6) is 0 Å². The Morgan fingerprint density at radius 3 is 2.83 bits per heavy atom. The number of hydrogen-bond acceptors (Lipinski definition) is 4. The van der Waals surface area contributed by atoms with Gasteiger partial charge in [0.05, 0.1) is 7.11 Å². The quantitative estimate of drug-likeness (QED) is 0.545. The highest BCUT2D eigenvalue weighted by Gasteiger charge is 2.45. The van der Waals surface area contributed by atoms with E-state index in [1.54, 1.807) is 0 Å². The van der Waals surface area contributed by atoms with Gasteiger partial charge in [-0.05, 0) is 38.0 Å².